The average Bonchev–Trinajstić information content (AvgIpc) is 3.08. The predicted octanol–water partition coefficient (Wildman–Crippen LogP) is 3.65. The highest BCUT2D eigenvalue weighted by molar-refractivity contribution is 7.90. The number of nitrogens with zero attached hydrogens (tertiary/aromatic N) is 2. The van der Waals surface area contributed by atoms with Crippen molar-refractivity contribution in [2.75, 3.05) is 6.54 Å². The molecule has 0 radical (unpaired) electrons. The summed E-state index contributed by atoms with van der Waals surface area (Å²) in [6.45, 7) is 2.91. The molecule has 0 saturated heterocycles. The number of hydrogen-bond acceptors (Lipinski definition) is 5. The zero-order valence-electron chi connectivity index (χ0n) is 21.0. The molecule has 3 aromatic carbocycles. The van der Waals surface area contributed by atoms with Crippen LogP contribution in [0.2, 0.25) is 5.02 Å². The summed E-state index contributed by atoms with van der Waals surface area (Å²) in [7, 11) is -4.21. The SMILES string of the molecule is CC(C)NC(=O)[C@@H](Cc1ccccc1)N(Cc1ccc(Cl)cc1)C(=O)CN1C(=O)c2ccccc2S1(=O)=O. The van der Waals surface area contributed by atoms with Crippen molar-refractivity contribution in [3.8, 4) is 0 Å². The van der Waals surface area contributed by atoms with Gasteiger partial charge in [0.1, 0.15) is 17.5 Å². The van der Waals surface area contributed by atoms with Crippen LogP contribution in [0.4, 0.5) is 0 Å². The Balaban J connectivity index is 1.71. The molecule has 4 rings (SSSR count). The van der Waals surface area contributed by atoms with E-state index in [-0.39, 0.29) is 35.4 Å². The molecule has 1 aliphatic rings. The number of rotatable bonds is 9. The Morgan fingerprint density at radius 2 is 1.55 bits per heavy atom. The maximum Gasteiger partial charge on any atom is 0.269 e. The van der Waals surface area contributed by atoms with Gasteiger partial charge in [-0.2, -0.15) is 0 Å². The van der Waals surface area contributed by atoms with Gasteiger partial charge < -0.3 is 10.2 Å². The topological polar surface area (TPSA) is 104 Å². The Bertz CT molecular complexity index is 1440. The number of sulfonamides is 1. The van der Waals surface area contributed by atoms with Crippen LogP contribution in [0.3, 0.4) is 0 Å². The molecule has 198 valence electrons. The molecule has 3 amide bonds. The summed E-state index contributed by atoms with van der Waals surface area (Å²) < 4.78 is 26.8. The molecule has 0 bridgehead atoms. The summed E-state index contributed by atoms with van der Waals surface area (Å²) in [6, 6.07) is 20.7. The molecule has 1 heterocycles. The van der Waals surface area contributed by atoms with Gasteiger partial charge in [-0.1, -0.05) is 66.2 Å². The Morgan fingerprint density at radius 3 is 2.18 bits per heavy atom. The fraction of sp³-hybridized carbons (Fsp3) is 0.250. The van der Waals surface area contributed by atoms with Crippen LogP contribution in [-0.2, 0) is 32.6 Å². The van der Waals surface area contributed by atoms with Crippen LogP contribution in [0.5, 0.6) is 0 Å². The highest BCUT2D eigenvalue weighted by Crippen LogP contribution is 2.30. The van der Waals surface area contributed by atoms with Crippen molar-refractivity contribution < 1.29 is 22.8 Å². The molecular weight excluding hydrogens is 526 g/mol. The van der Waals surface area contributed by atoms with Crippen LogP contribution in [0.1, 0.15) is 35.3 Å². The zero-order chi connectivity index (χ0) is 27.4. The number of carbonyl (C=O) groups excluding carboxylic acids is 3. The number of amides is 3. The smallest absolute Gasteiger partial charge is 0.269 e. The van der Waals surface area contributed by atoms with Crippen molar-refractivity contribution in [2.24, 2.45) is 0 Å². The molecule has 0 saturated carbocycles. The molecule has 0 spiro atoms. The number of carbonyl (C=O) groups is 3. The number of benzene rings is 3. The van der Waals surface area contributed by atoms with Crippen molar-refractivity contribution in [1.82, 2.24) is 14.5 Å². The molecule has 38 heavy (non-hydrogen) atoms. The van der Waals surface area contributed by atoms with Crippen LogP contribution < -0.4 is 5.32 Å². The number of nitrogens with one attached hydrogen (secondary N) is 1. The quantitative estimate of drug-likeness (QED) is 0.435. The first-order valence-electron chi connectivity index (χ1n) is 12.1. The summed E-state index contributed by atoms with van der Waals surface area (Å²) in [4.78, 5) is 41.5. The second-order valence-electron chi connectivity index (χ2n) is 9.33. The molecule has 3 aromatic rings. The summed E-state index contributed by atoms with van der Waals surface area (Å²) in [6.07, 6.45) is 0.194. The summed E-state index contributed by atoms with van der Waals surface area (Å²) in [5, 5.41) is 3.38. The molecule has 8 nitrogen and oxygen atoms in total. The maximum absolute atomic E-state index is 13.8. The number of hydrogen-bond donors (Lipinski definition) is 1. The maximum atomic E-state index is 13.8. The van der Waals surface area contributed by atoms with E-state index >= 15 is 0 Å². The third kappa shape index (κ3) is 5.89. The van der Waals surface area contributed by atoms with E-state index in [0.29, 0.717) is 14.9 Å². The summed E-state index contributed by atoms with van der Waals surface area (Å²) in [5.41, 5.74) is 1.53. The summed E-state index contributed by atoms with van der Waals surface area (Å²) in [5.74, 6) is -1.83. The van der Waals surface area contributed by atoms with Crippen molar-refractivity contribution in [2.45, 2.75) is 43.8 Å². The standard InChI is InChI=1S/C28H28ClN3O5S/c1-19(2)30-27(34)24(16-20-8-4-3-5-9-20)31(17-21-12-14-22(29)15-13-21)26(33)18-32-28(35)23-10-6-7-11-25(23)38(32,36)37/h3-15,19,24H,16-18H2,1-2H3,(H,30,34)/t24-/m1/s1. The fourth-order valence-corrected chi connectivity index (χ4v) is 5.97. The highest BCUT2D eigenvalue weighted by atomic mass is 35.5. The van der Waals surface area contributed by atoms with E-state index in [4.69, 9.17) is 11.6 Å². The predicted molar refractivity (Wildman–Crippen MR) is 144 cm³/mol. The van der Waals surface area contributed by atoms with Gasteiger partial charge in [-0.15, -0.1) is 0 Å². The van der Waals surface area contributed by atoms with Gasteiger partial charge in [-0.3, -0.25) is 14.4 Å². The van der Waals surface area contributed by atoms with Gasteiger partial charge >= 0.3 is 0 Å². The first-order valence-corrected chi connectivity index (χ1v) is 13.9. The Morgan fingerprint density at radius 1 is 0.921 bits per heavy atom. The van der Waals surface area contributed by atoms with Gasteiger partial charge in [0.15, 0.2) is 0 Å². The molecule has 1 atom stereocenters. The van der Waals surface area contributed by atoms with Crippen molar-refractivity contribution >= 4 is 39.3 Å². The molecule has 0 aromatic heterocycles. The average molecular weight is 554 g/mol. The molecule has 1 aliphatic heterocycles. The van der Waals surface area contributed by atoms with Crippen molar-refractivity contribution in [3.05, 3.63) is 101 Å². The van der Waals surface area contributed by atoms with Crippen molar-refractivity contribution in [1.29, 1.82) is 0 Å². The van der Waals surface area contributed by atoms with Crippen LogP contribution >= 0.6 is 11.6 Å². The van der Waals surface area contributed by atoms with Crippen molar-refractivity contribution in [3.63, 3.8) is 0 Å². The lowest BCUT2D eigenvalue weighted by Crippen LogP contribution is -2.54. The normalized spacial score (nSPS) is 14.7. The second-order valence-corrected chi connectivity index (χ2v) is 11.6. The first kappa shape index (κ1) is 27.3. The lowest BCUT2D eigenvalue weighted by atomic mass is 10.0. The minimum atomic E-state index is -4.21. The Hall–Kier alpha value is -3.69. The van der Waals surface area contributed by atoms with Gasteiger partial charge in [0.05, 0.1) is 5.56 Å². The van der Waals surface area contributed by atoms with Crippen LogP contribution in [-0.4, -0.2) is 54.0 Å². The first-order chi connectivity index (χ1) is 18.1. The van der Waals surface area contributed by atoms with Crippen LogP contribution in [0.15, 0.2) is 83.8 Å². The van der Waals surface area contributed by atoms with E-state index in [1.54, 1.807) is 30.3 Å². The highest BCUT2D eigenvalue weighted by Gasteiger charge is 2.43. The fourth-order valence-electron chi connectivity index (χ4n) is 4.32. The van der Waals surface area contributed by atoms with Gasteiger partial charge in [-0.25, -0.2) is 12.7 Å². The lowest BCUT2D eigenvalue weighted by molar-refractivity contribution is -0.141. The van der Waals surface area contributed by atoms with Gasteiger partial charge in [0, 0.05) is 24.0 Å². The molecule has 10 heteroatoms. The molecule has 1 N–H and O–H groups in total. The monoisotopic (exact) mass is 553 g/mol. The summed E-state index contributed by atoms with van der Waals surface area (Å²) >= 11 is 6.04. The number of halogens is 1. The second kappa shape index (κ2) is 11.4. The van der Waals surface area contributed by atoms with E-state index in [1.807, 2.05) is 44.2 Å². The van der Waals surface area contributed by atoms with Crippen LogP contribution in [0, 0.1) is 0 Å². The Labute approximate surface area is 227 Å². The van der Waals surface area contributed by atoms with Crippen LogP contribution in [0.25, 0.3) is 0 Å². The molecule has 0 unspecified atom stereocenters. The Kier molecular flexibility index (Phi) is 8.18. The van der Waals surface area contributed by atoms with E-state index in [1.165, 1.54) is 23.1 Å². The molecular formula is C28H28ClN3O5S. The third-order valence-electron chi connectivity index (χ3n) is 6.16. The molecule has 0 aliphatic carbocycles. The van der Waals surface area contributed by atoms with E-state index in [0.717, 1.165) is 5.56 Å². The largest absolute Gasteiger partial charge is 0.352 e. The van der Waals surface area contributed by atoms with E-state index in [9.17, 15) is 22.8 Å². The zero-order valence-corrected chi connectivity index (χ0v) is 22.6. The van der Waals surface area contributed by atoms with Gasteiger partial charge in [0.2, 0.25) is 11.8 Å². The third-order valence-corrected chi connectivity index (χ3v) is 8.20. The van der Waals surface area contributed by atoms with E-state index < -0.39 is 34.4 Å². The minimum absolute atomic E-state index is 0.00798. The minimum Gasteiger partial charge on any atom is -0.352 e. The van der Waals surface area contributed by atoms with E-state index in [2.05, 4.69) is 5.32 Å². The van der Waals surface area contributed by atoms with Gasteiger partial charge in [0.25, 0.3) is 15.9 Å². The number of fused-ring (bicyclic) bond motifs is 1. The lowest BCUT2D eigenvalue weighted by Gasteiger charge is -2.33. The van der Waals surface area contributed by atoms with Gasteiger partial charge in [-0.05, 0) is 49.2 Å². The molecule has 0 fully saturated rings.